The summed E-state index contributed by atoms with van der Waals surface area (Å²) in [5, 5.41) is 11.8. The number of oxime groups is 1. The van der Waals surface area contributed by atoms with Crippen molar-refractivity contribution in [3.05, 3.63) is 0 Å². The number of thioether (sulfide) groups is 1. The first-order valence-corrected chi connectivity index (χ1v) is 7.34. The molecular weight excluding hydrogens is 295 g/mol. The molecule has 0 aromatic heterocycles. The Morgan fingerprint density at radius 1 is 1.45 bits per heavy atom. The predicted octanol–water partition coefficient (Wildman–Crippen LogP) is 1.80. The van der Waals surface area contributed by atoms with Gasteiger partial charge in [0.05, 0.1) is 11.2 Å². The Hall–Kier alpha value is -1.12. The lowest BCUT2D eigenvalue weighted by Crippen LogP contribution is -2.51. The number of rotatable bonds is 4. The molecule has 0 radical (unpaired) electrons. The predicted molar refractivity (Wildman–Crippen MR) is 70.8 cm³/mol. The van der Waals surface area contributed by atoms with Gasteiger partial charge in [-0.3, -0.25) is 4.79 Å². The number of likely N-dealkylation sites (tertiary alicyclic amines) is 1. The van der Waals surface area contributed by atoms with Gasteiger partial charge in [-0.1, -0.05) is 5.16 Å². The lowest BCUT2D eigenvalue weighted by Gasteiger charge is -2.39. The van der Waals surface area contributed by atoms with Crippen molar-refractivity contribution in [2.75, 3.05) is 19.3 Å². The van der Waals surface area contributed by atoms with Crippen LogP contribution in [0.2, 0.25) is 0 Å². The topological polar surface area (TPSA) is 78.9 Å². The number of amidine groups is 1. The van der Waals surface area contributed by atoms with Gasteiger partial charge in [0.25, 0.3) is 0 Å². The number of amides is 1. The van der Waals surface area contributed by atoms with Crippen LogP contribution in [0.1, 0.15) is 25.7 Å². The number of halogens is 3. The number of nitrogens with two attached hydrogens (primary N) is 1. The Balaban J connectivity index is 2.55. The van der Waals surface area contributed by atoms with E-state index in [-0.39, 0.29) is 5.84 Å². The second kappa shape index (κ2) is 6.55. The third kappa shape index (κ3) is 4.19. The van der Waals surface area contributed by atoms with Gasteiger partial charge in [-0.2, -0.15) is 24.9 Å². The fraction of sp³-hybridized carbons (Fsp3) is 0.818. The summed E-state index contributed by atoms with van der Waals surface area (Å²) in [5.41, 5.74) is 5.66. The monoisotopic (exact) mass is 313 g/mol. The van der Waals surface area contributed by atoms with Crippen LogP contribution in [-0.4, -0.2) is 52.1 Å². The van der Waals surface area contributed by atoms with Crippen LogP contribution < -0.4 is 5.73 Å². The van der Waals surface area contributed by atoms with Gasteiger partial charge in [0.2, 0.25) is 5.91 Å². The molecule has 3 N–H and O–H groups in total. The molecule has 0 unspecified atom stereocenters. The van der Waals surface area contributed by atoms with E-state index in [1.165, 1.54) is 16.7 Å². The molecule has 20 heavy (non-hydrogen) atoms. The molecule has 1 aliphatic heterocycles. The quantitative estimate of drug-likeness (QED) is 0.359. The molecule has 1 saturated heterocycles. The van der Waals surface area contributed by atoms with E-state index < -0.39 is 29.7 Å². The number of nitrogens with zero attached hydrogens (tertiary/aromatic N) is 2. The summed E-state index contributed by atoms with van der Waals surface area (Å²) in [4.78, 5) is 13.1. The van der Waals surface area contributed by atoms with E-state index in [1.807, 2.05) is 6.26 Å². The van der Waals surface area contributed by atoms with Gasteiger partial charge in [0.1, 0.15) is 0 Å². The van der Waals surface area contributed by atoms with Crippen LogP contribution >= 0.6 is 11.8 Å². The molecule has 0 spiro atoms. The molecule has 0 aromatic rings. The molecule has 0 aliphatic carbocycles. The number of hydrogen-bond acceptors (Lipinski definition) is 4. The summed E-state index contributed by atoms with van der Waals surface area (Å²) >= 11 is 1.42. The van der Waals surface area contributed by atoms with Crippen molar-refractivity contribution in [1.82, 2.24) is 4.90 Å². The van der Waals surface area contributed by atoms with E-state index in [9.17, 15) is 18.0 Å². The molecule has 1 aliphatic rings. The third-order valence-electron chi connectivity index (χ3n) is 3.51. The number of carbonyl (C=O) groups is 1. The Kier molecular flexibility index (Phi) is 5.55. The molecule has 0 aromatic carbocycles. The molecule has 116 valence electrons. The van der Waals surface area contributed by atoms with Crippen molar-refractivity contribution in [2.45, 2.75) is 36.6 Å². The summed E-state index contributed by atoms with van der Waals surface area (Å²) in [6.45, 7) is 0.626. The number of carbonyl (C=O) groups excluding carboxylic acids is 1. The van der Waals surface area contributed by atoms with E-state index in [0.29, 0.717) is 25.9 Å². The van der Waals surface area contributed by atoms with Crippen molar-refractivity contribution >= 4 is 23.5 Å². The summed E-state index contributed by atoms with van der Waals surface area (Å²) in [6.07, 6.45) is -3.21. The van der Waals surface area contributed by atoms with Crippen LogP contribution in [0.3, 0.4) is 0 Å². The zero-order valence-electron chi connectivity index (χ0n) is 11.1. The molecule has 0 bridgehead atoms. The van der Waals surface area contributed by atoms with Gasteiger partial charge in [0.15, 0.2) is 5.84 Å². The largest absolute Gasteiger partial charge is 0.409 e. The van der Waals surface area contributed by atoms with E-state index >= 15 is 0 Å². The summed E-state index contributed by atoms with van der Waals surface area (Å²) in [5.74, 6) is -0.413. The minimum absolute atomic E-state index is 0.0902. The molecule has 0 atom stereocenters. The van der Waals surface area contributed by atoms with Crippen molar-refractivity contribution < 1.29 is 23.2 Å². The molecule has 1 amide bonds. The average molecular weight is 313 g/mol. The normalized spacial score (nSPS) is 20.0. The first-order chi connectivity index (χ1) is 9.24. The molecule has 5 nitrogen and oxygen atoms in total. The van der Waals surface area contributed by atoms with Gasteiger partial charge in [0, 0.05) is 19.5 Å². The molecular formula is C11H18F3N3O2S. The molecule has 0 saturated carbocycles. The van der Waals surface area contributed by atoms with Crippen LogP contribution in [0.5, 0.6) is 0 Å². The lowest BCUT2D eigenvalue weighted by molar-refractivity contribution is -0.149. The molecule has 1 fully saturated rings. The number of piperidine rings is 1. The number of alkyl halides is 3. The van der Waals surface area contributed by atoms with E-state index in [2.05, 4.69) is 5.16 Å². The van der Waals surface area contributed by atoms with E-state index in [0.717, 1.165) is 0 Å². The fourth-order valence-corrected chi connectivity index (χ4v) is 3.02. The second-order valence-corrected chi connectivity index (χ2v) is 5.87. The van der Waals surface area contributed by atoms with Gasteiger partial charge in [-0.25, -0.2) is 0 Å². The first-order valence-electron chi connectivity index (χ1n) is 6.12. The minimum atomic E-state index is -4.32. The highest BCUT2D eigenvalue weighted by atomic mass is 32.2. The van der Waals surface area contributed by atoms with Crippen LogP contribution in [0.15, 0.2) is 5.16 Å². The van der Waals surface area contributed by atoms with Crippen molar-refractivity contribution in [2.24, 2.45) is 10.9 Å². The van der Waals surface area contributed by atoms with E-state index in [1.54, 1.807) is 0 Å². The van der Waals surface area contributed by atoms with Crippen LogP contribution in [-0.2, 0) is 4.79 Å². The summed E-state index contributed by atoms with van der Waals surface area (Å²) in [6, 6.07) is 0. The maximum atomic E-state index is 12.1. The van der Waals surface area contributed by atoms with Gasteiger partial charge < -0.3 is 15.8 Å². The minimum Gasteiger partial charge on any atom is -0.409 e. The van der Waals surface area contributed by atoms with Crippen LogP contribution in [0.25, 0.3) is 0 Å². The van der Waals surface area contributed by atoms with Crippen LogP contribution in [0.4, 0.5) is 13.2 Å². The van der Waals surface area contributed by atoms with Crippen molar-refractivity contribution in [1.29, 1.82) is 0 Å². The van der Waals surface area contributed by atoms with Gasteiger partial charge >= 0.3 is 6.18 Å². The zero-order valence-corrected chi connectivity index (χ0v) is 11.9. The highest BCUT2D eigenvalue weighted by Crippen LogP contribution is 2.35. The van der Waals surface area contributed by atoms with Crippen LogP contribution in [0, 0.1) is 0 Å². The smallest absolute Gasteiger partial charge is 0.389 e. The highest BCUT2D eigenvalue weighted by molar-refractivity contribution is 8.00. The Morgan fingerprint density at radius 2 is 2.00 bits per heavy atom. The Labute approximate surface area is 119 Å². The molecule has 1 rings (SSSR count). The first kappa shape index (κ1) is 16.9. The standard InChI is InChI=1S/C11H18F3N3O2S/c1-20-10(9(15)16-19)4-6-17(7-5-10)8(18)2-3-11(12,13)14/h19H,2-7H2,1H3,(H2,15,16). The maximum Gasteiger partial charge on any atom is 0.389 e. The van der Waals surface area contributed by atoms with E-state index in [4.69, 9.17) is 10.9 Å². The molecule has 9 heteroatoms. The van der Waals surface area contributed by atoms with Crippen molar-refractivity contribution in [3.63, 3.8) is 0 Å². The summed E-state index contributed by atoms with van der Waals surface area (Å²) < 4.78 is 35.7. The summed E-state index contributed by atoms with van der Waals surface area (Å²) in [7, 11) is 0. The fourth-order valence-electron chi connectivity index (χ4n) is 2.18. The number of hydrogen-bond donors (Lipinski definition) is 2. The van der Waals surface area contributed by atoms with Gasteiger partial charge in [-0.05, 0) is 19.1 Å². The van der Waals surface area contributed by atoms with Gasteiger partial charge in [-0.15, -0.1) is 0 Å². The Morgan fingerprint density at radius 3 is 2.40 bits per heavy atom. The lowest BCUT2D eigenvalue weighted by atomic mass is 9.94. The highest BCUT2D eigenvalue weighted by Gasteiger charge is 2.39. The average Bonchev–Trinajstić information content (AvgIpc) is 2.43. The maximum absolute atomic E-state index is 12.1. The zero-order chi connectivity index (χ0) is 15.4. The SMILES string of the molecule is CSC1(C(N)=NO)CCN(C(=O)CCC(F)(F)F)CC1. The third-order valence-corrected chi connectivity index (χ3v) is 4.91. The Bertz CT molecular complexity index is 380. The molecule has 1 heterocycles. The second-order valence-electron chi connectivity index (χ2n) is 4.68. The van der Waals surface area contributed by atoms with Crippen molar-refractivity contribution in [3.8, 4) is 0 Å².